The van der Waals surface area contributed by atoms with Crippen molar-refractivity contribution in [2.75, 3.05) is 6.61 Å². The lowest BCUT2D eigenvalue weighted by molar-refractivity contribution is 0.0923. The van der Waals surface area contributed by atoms with Gasteiger partial charge in [0.25, 0.3) is 5.91 Å². The Labute approximate surface area is 198 Å². The molecule has 4 nitrogen and oxygen atoms in total. The van der Waals surface area contributed by atoms with Crippen LogP contribution < -0.4 is 10.1 Å². The molecule has 2 heterocycles. The Morgan fingerprint density at radius 2 is 1.89 bits per heavy atom. The van der Waals surface area contributed by atoms with E-state index >= 15 is 0 Å². The van der Waals surface area contributed by atoms with E-state index in [1.54, 1.807) is 0 Å². The second kappa shape index (κ2) is 9.02. The number of carbonyl (C=O) groups excluding carboxylic acids is 1. The summed E-state index contributed by atoms with van der Waals surface area (Å²) in [7, 11) is 0. The van der Waals surface area contributed by atoms with Crippen molar-refractivity contribution in [3.63, 3.8) is 0 Å². The van der Waals surface area contributed by atoms with Gasteiger partial charge < -0.3 is 10.1 Å². The molecule has 0 saturated heterocycles. The van der Waals surface area contributed by atoms with Crippen LogP contribution in [0.15, 0.2) is 54.7 Å². The van der Waals surface area contributed by atoms with Gasteiger partial charge >= 0.3 is 0 Å². The predicted molar refractivity (Wildman–Crippen MR) is 123 cm³/mol. The van der Waals surface area contributed by atoms with Crippen molar-refractivity contribution in [3.8, 4) is 16.9 Å². The van der Waals surface area contributed by atoms with Crippen LogP contribution in [0.4, 0.5) is 17.6 Å². The number of hydrogen-bond donors (Lipinski definition) is 1. The van der Waals surface area contributed by atoms with Crippen LogP contribution in [0, 0.1) is 23.3 Å². The van der Waals surface area contributed by atoms with Crippen molar-refractivity contribution in [3.05, 3.63) is 94.7 Å². The molecule has 3 aromatic carbocycles. The highest BCUT2D eigenvalue weighted by Crippen LogP contribution is 2.36. The summed E-state index contributed by atoms with van der Waals surface area (Å²) < 4.78 is 62.8. The summed E-state index contributed by atoms with van der Waals surface area (Å²) in [5.41, 5.74) is 0.791. The SMILES string of the molecule is CCc1c(C(=O)NC2CCOc3ccccc32)cnc2c(-c3cc(F)cc(F)c3F)c(F)ccc12. The number of pyridine rings is 1. The summed E-state index contributed by atoms with van der Waals surface area (Å²) in [5.74, 6) is -4.39. The number of ether oxygens (including phenoxy) is 1. The molecule has 1 aromatic heterocycles. The van der Waals surface area contributed by atoms with E-state index in [0.717, 1.165) is 17.7 Å². The molecule has 35 heavy (non-hydrogen) atoms. The quantitative estimate of drug-likeness (QED) is 0.277. The Kier molecular flexibility index (Phi) is 5.88. The lowest BCUT2D eigenvalue weighted by Crippen LogP contribution is -2.32. The van der Waals surface area contributed by atoms with Crippen LogP contribution >= 0.6 is 0 Å². The molecule has 1 N–H and O–H groups in total. The zero-order valence-electron chi connectivity index (χ0n) is 18.7. The average Bonchev–Trinajstić information content (AvgIpc) is 2.85. The van der Waals surface area contributed by atoms with Crippen molar-refractivity contribution in [2.45, 2.75) is 25.8 Å². The zero-order chi connectivity index (χ0) is 24.7. The van der Waals surface area contributed by atoms with Gasteiger partial charge in [0.05, 0.1) is 23.7 Å². The number of rotatable bonds is 4. The molecule has 1 unspecified atom stereocenters. The molecule has 0 aliphatic carbocycles. The molecule has 1 amide bonds. The lowest BCUT2D eigenvalue weighted by Gasteiger charge is -2.27. The minimum absolute atomic E-state index is 0.0127. The summed E-state index contributed by atoms with van der Waals surface area (Å²) in [6.07, 6.45) is 2.26. The molecule has 0 bridgehead atoms. The van der Waals surface area contributed by atoms with E-state index in [0.29, 0.717) is 42.2 Å². The number of nitrogens with one attached hydrogen (secondary N) is 1. The Morgan fingerprint density at radius 1 is 1.09 bits per heavy atom. The van der Waals surface area contributed by atoms with E-state index in [1.165, 1.54) is 12.3 Å². The standard InChI is InChI=1S/C27H20F4N2O2/c1-2-15-16-7-8-20(29)24(18-11-14(28)12-21(30)25(18)31)26(16)32-13-19(15)27(34)33-22-9-10-35-23-6-4-3-5-17(22)23/h3-8,11-13,22H,2,9-10H2,1H3,(H,33,34). The van der Waals surface area contributed by atoms with Gasteiger partial charge in [-0.1, -0.05) is 25.1 Å². The molecule has 0 fully saturated rings. The number of hydrogen-bond acceptors (Lipinski definition) is 3. The normalized spacial score (nSPS) is 14.9. The summed E-state index contributed by atoms with van der Waals surface area (Å²) in [6, 6.07) is 10.8. The Bertz CT molecular complexity index is 1470. The van der Waals surface area contributed by atoms with Crippen LogP contribution in [0.2, 0.25) is 0 Å². The number of amides is 1. The van der Waals surface area contributed by atoms with Gasteiger partial charge in [-0.2, -0.15) is 0 Å². The van der Waals surface area contributed by atoms with Crippen LogP contribution in [0.25, 0.3) is 22.0 Å². The van der Waals surface area contributed by atoms with E-state index in [1.807, 2.05) is 31.2 Å². The monoisotopic (exact) mass is 480 g/mol. The fraction of sp³-hybridized carbons (Fsp3) is 0.185. The van der Waals surface area contributed by atoms with Gasteiger partial charge in [0, 0.05) is 40.8 Å². The number of para-hydroxylation sites is 1. The molecule has 1 atom stereocenters. The highest BCUT2D eigenvalue weighted by atomic mass is 19.2. The maximum atomic E-state index is 14.9. The molecular weight excluding hydrogens is 460 g/mol. The van der Waals surface area contributed by atoms with Crippen molar-refractivity contribution in [2.24, 2.45) is 0 Å². The van der Waals surface area contributed by atoms with Crippen molar-refractivity contribution >= 4 is 16.8 Å². The maximum absolute atomic E-state index is 14.9. The Morgan fingerprint density at radius 3 is 2.69 bits per heavy atom. The molecule has 0 spiro atoms. The fourth-order valence-corrected chi connectivity index (χ4v) is 4.59. The summed E-state index contributed by atoms with van der Waals surface area (Å²) >= 11 is 0. The molecule has 4 aromatic rings. The third kappa shape index (κ3) is 3.99. The summed E-state index contributed by atoms with van der Waals surface area (Å²) in [6.45, 7) is 2.28. The van der Waals surface area contributed by atoms with E-state index in [-0.39, 0.29) is 28.6 Å². The molecule has 1 aliphatic heterocycles. The fourth-order valence-electron chi connectivity index (χ4n) is 4.59. The van der Waals surface area contributed by atoms with E-state index in [4.69, 9.17) is 4.74 Å². The van der Waals surface area contributed by atoms with Crippen molar-refractivity contribution in [1.82, 2.24) is 10.3 Å². The van der Waals surface area contributed by atoms with Gasteiger partial charge in [-0.05, 0) is 36.2 Å². The number of nitrogens with zero attached hydrogens (tertiary/aromatic N) is 1. The van der Waals surface area contributed by atoms with Crippen molar-refractivity contribution in [1.29, 1.82) is 0 Å². The summed E-state index contributed by atoms with van der Waals surface area (Å²) in [5, 5.41) is 3.42. The predicted octanol–water partition coefficient (Wildman–Crippen LogP) is 6.27. The third-order valence-electron chi connectivity index (χ3n) is 6.22. The Hall–Kier alpha value is -3.94. The number of benzene rings is 3. The maximum Gasteiger partial charge on any atom is 0.253 e. The van der Waals surface area contributed by atoms with Crippen LogP contribution in [0.1, 0.15) is 40.9 Å². The third-order valence-corrected chi connectivity index (χ3v) is 6.22. The molecule has 5 rings (SSSR count). The largest absolute Gasteiger partial charge is 0.493 e. The van der Waals surface area contributed by atoms with Crippen LogP contribution in [0.3, 0.4) is 0 Å². The van der Waals surface area contributed by atoms with Crippen LogP contribution in [-0.4, -0.2) is 17.5 Å². The highest BCUT2D eigenvalue weighted by Gasteiger charge is 2.26. The first kappa shape index (κ1) is 22.8. The topological polar surface area (TPSA) is 51.2 Å². The van der Waals surface area contributed by atoms with E-state index in [2.05, 4.69) is 10.3 Å². The first-order valence-electron chi connectivity index (χ1n) is 11.2. The molecule has 0 saturated carbocycles. The van der Waals surface area contributed by atoms with Crippen LogP contribution in [-0.2, 0) is 6.42 Å². The van der Waals surface area contributed by atoms with Crippen molar-refractivity contribution < 1.29 is 27.1 Å². The lowest BCUT2D eigenvalue weighted by atomic mass is 9.94. The molecule has 8 heteroatoms. The zero-order valence-corrected chi connectivity index (χ0v) is 18.7. The summed E-state index contributed by atoms with van der Waals surface area (Å²) in [4.78, 5) is 17.5. The van der Waals surface area contributed by atoms with Gasteiger partial charge in [-0.15, -0.1) is 0 Å². The Balaban J connectivity index is 1.60. The number of aryl methyl sites for hydroxylation is 1. The minimum Gasteiger partial charge on any atom is -0.493 e. The first-order chi connectivity index (χ1) is 16.9. The molecule has 1 aliphatic rings. The molecule has 0 radical (unpaired) electrons. The highest BCUT2D eigenvalue weighted by molar-refractivity contribution is 6.03. The van der Waals surface area contributed by atoms with Gasteiger partial charge in [-0.3, -0.25) is 9.78 Å². The molecular formula is C27H20F4N2O2. The van der Waals surface area contributed by atoms with Gasteiger partial charge in [-0.25, -0.2) is 17.6 Å². The number of halogens is 4. The van der Waals surface area contributed by atoms with E-state index < -0.39 is 28.8 Å². The number of aromatic nitrogens is 1. The first-order valence-corrected chi connectivity index (χ1v) is 11.2. The number of carbonyl (C=O) groups is 1. The van der Waals surface area contributed by atoms with Gasteiger partial charge in [0.2, 0.25) is 0 Å². The van der Waals surface area contributed by atoms with Gasteiger partial charge in [0.15, 0.2) is 11.6 Å². The van der Waals surface area contributed by atoms with Gasteiger partial charge in [0.1, 0.15) is 17.4 Å². The smallest absolute Gasteiger partial charge is 0.253 e. The second-order valence-corrected chi connectivity index (χ2v) is 8.27. The average molecular weight is 480 g/mol. The van der Waals surface area contributed by atoms with Crippen LogP contribution in [0.5, 0.6) is 5.75 Å². The molecule has 178 valence electrons. The van der Waals surface area contributed by atoms with E-state index in [9.17, 15) is 22.4 Å². The number of fused-ring (bicyclic) bond motifs is 2. The minimum atomic E-state index is -1.43. The second-order valence-electron chi connectivity index (χ2n) is 8.27.